The number of unbranched alkanes of at least 4 members (excludes halogenated alkanes) is 12. The van der Waals surface area contributed by atoms with E-state index in [4.69, 9.17) is 42.6 Å². The molecule has 3 fully saturated rings. The standard InChI is InChI=1S/C68H123N3O24/c1-47-58(80)61(83)51(44-72)93-64(47)89-38-20-27-50(75)26-14-8-5-13-19-37-71-67(86)92-43-25-34-68(4,32-23-41-87-56(78)30-15-9-6-11-17-35-69-54(76)28-21-39-90-65-48(2)59(81)62(84)52(45-73)94-65)33-24-42-88-57(79)31-16-10-7-12-18-36-70-55(77)29-22-40-91-66-49(3)60(82)63(85)53(46-74)95-66/h47-49,51-53,58-66,72-74,80-85H,5-46H2,1-4H3,(H,69,76)(H,70,77)(H,71,86). The van der Waals surface area contributed by atoms with Gasteiger partial charge in [-0.05, 0) is 102 Å². The summed E-state index contributed by atoms with van der Waals surface area (Å²) in [5.74, 6) is -2.04. The number of aliphatic hydroxyl groups is 9. The van der Waals surface area contributed by atoms with E-state index in [2.05, 4.69) is 22.9 Å². The summed E-state index contributed by atoms with van der Waals surface area (Å²) in [4.78, 5) is 75.0. The van der Waals surface area contributed by atoms with Gasteiger partial charge in [0.1, 0.15) is 42.4 Å². The highest BCUT2D eigenvalue weighted by Crippen LogP contribution is 2.35. The van der Waals surface area contributed by atoms with Crippen molar-refractivity contribution in [3.63, 3.8) is 0 Å². The lowest BCUT2D eigenvalue weighted by Crippen LogP contribution is -2.55. The number of ether oxygens (including phenoxy) is 9. The quantitative estimate of drug-likeness (QED) is 0.0225. The molecule has 15 unspecified atom stereocenters. The van der Waals surface area contributed by atoms with Crippen molar-refractivity contribution in [1.82, 2.24) is 16.0 Å². The Hall–Kier alpha value is -3.78. The van der Waals surface area contributed by atoms with Crippen LogP contribution < -0.4 is 16.0 Å². The van der Waals surface area contributed by atoms with Crippen LogP contribution in [0.1, 0.15) is 220 Å². The van der Waals surface area contributed by atoms with Gasteiger partial charge in [0.2, 0.25) is 11.8 Å². The SMILES string of the molecule is CC1C(OCCCC(=O)CCCCCCCNC(=O)OCCCC(C)(CCCOC(=O)CCCCCCCNC(=O)CCCOC2OC(CO)C(O)C(O)C2C)CCCOC(=O)CCCCCCCNC(=O)CCCOC2OC(CO)C(O)C(O)C2C)OC(CO)C(O)C1O. The van der Waals surface area contributed by atoms with Crippen molar-refractivity contribution in [1.29, 1.82) is 0 Å². The molecular formula is C68H123N3O24. The molecule has 0 radical (unpaired) electrons. The highest BCUT2D eigenvalue weighted by molar-refractivity contribution is 5.78. The number of esters is 2. The second-order valence-corrected chi connectivity index (χ2v) is 26.5. The summed E-state index contributed by atoms with van der Waals surface area (Å²) in [6.45, 7) is 8.89. The van der Waals surface area contributed by atoms with Gasteiger partial charge in [0.15, 0.2) is 18.9 Å². The molecule has 3 aliphatic heterocycles. The summed E-state index contributed by atoms with van der Waals surface area (Å²) in [5, 5.41) is 97.6. The van der Waals surface area contributed by atoms with Crippen molar-refractivity contribution in [3.05, 3.63) is 0 Å². The lowest BCUT2D eigenvalue weighted by Gasteiger charge is -2.40. The van der Waals surface area contributed by atoms with Gasteiger partial charge in [0.05, 0.1) is 77.8 Å². The van der Waals surface area contributed by atoms with E-state index in [1.165, 1.54) is 0 Å². The maximum absolute atomic E-state index is 12.7. The Balaban J connectivity index is 1.26. The van der Waals surface area contributed by atoms with E-state index in [9.17, 15) is 74.7 Å². The maximum atomic E-state index is 12.7. The Morgan fingerprint density at radius 2 is 0.663 bits per heavy atom. The van der Waals surface area contributed by atoms with Crippen LogP contribution >= 0.6 is 0 Å². The lowest BCUT2D eigenvalue weighted by atomic mass is 9.77. The first kappa shape index (κ1) is 85.4. The van der Waals surface area contributed by atoms with Gasteiger partial charge in [0.25, 0.3) is 0 Å². The van der Waals surface area contributed by atoms with E-state index < -0.39 is 117 Å². The molecule has 3 aliphatic rings. The van der Waals surface area contributed by atoms with Crippen LogP contribution in [-0.2, 0) is 66.6 Å². The predicted octanol–water partition coefficient (Wildman–Crippen LogP) is 4.58. The summed E-state index contributed by atoms with van der Waals surface area (Å²) in [6.07, 6.45) is 7.50. The topological polar surface area (TPSA) is 404 Å². The number of hydrogen-bond acceptors (Lipinski definition) is 24. The lowest BCUT2D eigenvalue weighted by molar-refractivity contribution is -0.282. The Bertz CT molecular complexity index is 1860. The summed E-state index contributed by atoms with van der Waals surface area (Å²) in [6, 6.07) is 0. The van der Waals surface area contributed by atoms with Gasteiger partial charge >= 0.3 is 18.0 Å². The van der Waals surface area contributed by atoms with Crippen LogP contribution in [0.25, 0.3) is 0 Å². The first-order chi connectivity index (χ1) is 45.6. The molecule has 3 rings (SSSR count). The third kappa shape index (κ3) is 35.7. The molecule has 0 bridgehead atoms. The molecule has 27 nitrogen and oxygen atoms in total. The first-order valence-corrected chi connectivity index (χ1v) is 35.6. The summed E-state index contributed by atoms with van der Waals surface area (Å²) in [7, 11) is 0. The van der Waals surface area contributed by atoms with Crippen molar-refractivity contribution in [2.45, 2.75) is 294 Å². The van der Waals surface area contributed by atoms with E-state index in [0.29, 0.717) is 96.7 Å². The van der Waals surface area contributed by atoms with Gasteiger partial charge in [-0.3, -0.25) is 24.0 Å². The number of aliphatic hydroxyl groups excluding tert-OH is 9. The predicted molar refractivity (Wildman–Crippen MR) is 348 cm³/mol. The monoisotopic (exact) mass is 1370 g/mol. The molecule has 0 aromatic rings. The highest BCUT2D eigenvalue weighted by atomic mass is 16.7. The Morgan fingerprint density at radius 3 is 1.03 bits per heavy atom. The number of carbonyl (C=O) groups excluding carboxylic acids is 6. The zero-order valence-electron chi connectivity index (χ0n) is 57.5. The van der Waals surface area contributed by atoms with E-state index >= 15 is 0 Å². The molecule has 12 N–H and O–H groups in total. The van der Waals surface area contributed by atoms with Crippen molar-refractivity contribution >= 4 is 35.6 Å². The molecular weight excluding hydrogens is 1240 g/mol. The first-order valence-electron chi connectivity index (χ1n) is 35.6. The van der Waals surface area contributed by atoms with E-state index in [-0.39, 0.29) is 87.4 Å². The van der Waals surface area contributed by atoms with Crippen LogP contribution in [0.15, 0.2) is 0 Å². The van der Waals surface area contributed by atoms with Crippen molar-refractivity contribution < 1.29 is 117 Å². The zero-order chi connectivity index (χ0) is 69.8. The molecule has 0 spiro atoms. The largest absolute Gasteiger partial charge is 0.466 e. The van der Waals surface area contributed by atoms with Gasteiger partial charge in [0, 0.05) is 75.9 Å². The van der Waals surface area contributed by atoms with Crippen molar-refractivity contribution in [2.75, 3.05) is 79.1 Å². The fourth-order valence-corrected chi connectivity index (χ4v) is 11.9. The molecule has 3 saturated heterocycles. The summed E-state index contributed by atoms with van der Waals surface area (Å²) >= 11 is 0. The van der Waals surface area contributed by atoms with Crippen LogP contribution in [0.2, 0.25) is 0 Å². The zero-order valence-corrected chi connectivity index (χ0v) is 57.5. The molecule has 3 amide bonds. The van der Waals surface area contributed by atoms with E-state index in [0.717, 1.165) is 103 Å². The number of Topliss-reactive ketones (excluding diaryl/α,β-unsaturated/α-hetero) is 1. The number of nitrogens with one attached hydrogen (secondary N) is 3. The molecule has 95 heavy (non-hydrogen) atoms. The third-order valence-corrected chi connectivity index (χ3v) is 18.3. The molecule has 0 saturated carbocycles. The molecule has 15 atom stereocenters. The Labute approximate surface area is 563 Å². The average molecular weight is 1370 g/mol. The smallest absolute Gasteiger partial charge is 0.407 e. The molecule has 27 heteroatoms. The number of ketones is 1. The van der Waals surface area contributed by atoms with Gasteiger partial charge in [-0.15, -0.1) is 0 Å². The number of rotatable bonds is 54. The van der Waals surface area contributed by atoms with Gasteiger partial charge in [-0.1, -0.05) is 85.5 Å². The van der Waals surface area contributed by atoms with Crippen LogP contribution in [0.5, 0.6) is 0 Å². The minimum absolute atomic E-state index is 0.0982. The molecule has 0 aromatic heterocycles. The van der Waals surface area contributed by atoms with Crippen molar-refractivity contribution in [2.24, 2.45) is 23.2 Å². The molecule has 0 aromatic carbocycles. The number of hydrogen-bond donors (Lipinski definition) is 12. The summed E-state index contributed by atoms with van der Waals surface area (Å²) in [5.41, 5.74) is -0.206. The van der Waals surface area contributed by atoms with Crippen molar-refractivity contribution in [3.8, 4) is 0 Å². The van der Waals surface area contributed by atoms with Gasteiger partial charge < -0.3 is 105 Å². The van der Waals surface area contributed by atoms with Crippen LogP contribution in [-0.4, -0.2) is 234 Å². The fraction of sp³-hybridized carbons (Fsp3) is 0.912. The highest BCUT2D eigenvalue weighted by Gasteiger charge is 2.45. The van der Waals surface area contributed by atoms with Crippen LogP contribution in [0, 0.1) is 23.2 Å². The second kappa shape index (κ2) is 50.5. The minimum Gasteiger partial charge on any atom is -0.466 e. The van der Waals surface area contributed by atoms with Gasteiger partial charge in [-0.25, -0.2) is 4.79 Å². The van der Waals surface area contributed by atoms with Gasteiger partial charge in [-0.2, -0.15) is 0 Å². The molecule has 0 aliphatic carbocycles. The molecule has 3 heterocycles. The second-order valence-electron chi connectivity index (χ2n) is 26.5. The Kier molecular flexibility index (Phi) is 45.4. The van der Waals surface area contributed by atoms with Crippen LogP contribution in [0.3, 0.4) is 0 Å². The van der Waals surface area contributed by atoms with E-state index in [1.807, 2.05) is 0 Å². The fourth-order valence-electron chi connectivity index (χ4n) is 11.9. The number of carbonyl (C=O) groups is 6. The number of alkyl carbamates (subject to hydrolysis) is 1. The maximum Gasteiger partial charge on any atom is 0.407 e. The van der Waals surface area contributed by atoms with Crippen LogP contribution in [0.4, 0.5) is 4.79 Å². The summed E-state index contributed by atoms with van der Waals surface area (Å²) < 4.78 is 50.5. The third-order valence-electron chi connectivity index (χ3n) is 18.3. The molecule has 554 valence electrons. The normalized spacial score (nSPS) is 26.7. The minimum atomic E-state index is -1.20. The Morgan fingerprint density at radius 1 is 0.358 bits per heavy atom. The van der Waals surface area contributed by atoms with E-state index in [1.54, 1.807) is 20.8 Å². The number of amides is 3. The average Bonchev–Trinajstić information content (AvgIpc) is 0.851.